The minimum Gasteiger partial charge on any atom is -0.466 e. The molecule has 0 radical (unpaired) electrons. The van der Waals surface area contributed by atoms with Gasteiger partial charge in [0.2, 0.25) is 0 Å². The molecule has 4 heteroatoms. The molecule has 1 unspecified atom stereocenters. The highest BCUT2D eigenvalue weighted by atomic mass is 19.1. The molecule has 0 bridgehead atoms. The molecule has 90 valence electrons. The van der Waals surface area contributed by atoms with Gasteiger partial charge in [-0.3, -0.25) is 0 Å². The second-order valence-corrected chi connectivity index (χ2v) is 3.92. The van der Waals surface area contributed by atoms with Gasteiger partial charge in [-0.05, 0) is 30.2 Å². The molecule has 2 nitrogen and oxygen atoms in total. The SMILES string of the molecule is Cc1ccoc1C(O)Cc1ccc(F)cc1F. The fraction of sp³-hybridized carbons (Fsp3) is 0.231. The van der Waals surface area contributed by atoms with E-state index in [1.165, 1.54) is 18.4 Å². The van der Waals surface area contributed by atoms with Crippen LogP contribution in [0.4, 0.5) is 8.78 Å². The van der Waals surface area contributed by atoms with Crippen molar-refractivity contribution in [1.82, 2.24) is 0 Å². The molecule has 0 fully saturated rings. The Labute approximate surface area is 97.5 Å². The maximum Gasteiger partial charge on any atom is 0.135 e. The van der Waals surface area contributed by atoms with Gasteiger partial charge >= 0.3 is 0 Å². The van der Waals surface area contributed by atoms with Gasteiger partial charge in [0.05, 0.1) is 6.26 Å². The third kappa shape index (κ3) is 2.53. The van der Waals surface area contributed by atoms with E-state index >= 15 is 0 Å². The summed E-state index contributed by atoms with van der Waals surface area (Å²) in [5, 5.41) is 9.88. The molecular weight excluding hydrogens is 226 g/mol. The zero-order chi connectivity index (χ0) is 12.4. The van der Waals surface area contributed by atoms with Gasteiger partial charge < -0.3 is 9.52 Å². The summed E-state index contributed by atoms with van der Waals surface area (Å²) >= 11 is 0. The fourth-order valence-electron chi connectivity index (χ4n) is 1.71. The van der Waals surface area contributed by atoms with Crippen LogP contribution >= 0.6 is 0 Å². The first-order chi connectivity index (χ1) is 8.08. The maximum absolute atomic E-state index is 13.4. The number of hydrogen-bond donors (Lipinski definition) is 1. The largest absolute Gasteiger partial charge is 0.466 e. The average molecular weight is 238 g/mol. The van der Waals surface area contributed by atoms with E-state index in [0.29, 0.717) is 5.76 Å². The molecule has 2 rings (SSSR count). The van der Waals surface area contributed by atoms with Crippen LogP contribution in [-0.2, 0) is 6.42 Å². The van der Waals surface area contributed by atoms with E-state index < -0.39 is 17.7 Å². The Morgan fingerprint density at radius 2 is 2.06 bits per heavy atom. The summed E-state index contributed by atoms with van der Waals surface area (Å²) in [5.74, 6) is -0.878. The molecule has 0 spiro atoms. The summed E-state index contributed by atoms with van der Waals surface area (Å²) in [6, 6.07) is 5.02. The van der Waals surface area contributed by atoms with Crippen LogP contribution < -0.4 is 0 Å². The van der Waals surface area contributed by atoms with E-state index in [4.69, 9.17) is 4.42 Å². The zero-order valence-corrected chi connectivity index (χ0v) is 9.28. The molecule has 1 atom stereocenters. The van der Waals surface area contributed by atoms with Crippen molar-refractivity contribution < 1.29 is 18.3 Å². The lowest BCUT2D eigenvalue weighted by Crippen LogP contribution is -2.04. The molecule has 0 saturated heterocycles. The maximum atomic E-state index is 13.4. The van der Waals surface area contributed by atoms with Crippen molar-refractivity contribution in [2.45, 2.75) is 19.4 Å². The van der Waals surface area contributed by atoms with Crippen LogP contribution in [0.15, 0.2) is 34.9 Å². The molecule has 0 aliphatic heterocycles. The molecule has 1 heterocycles. The minimum absolute atomic E-state index is 0.0560. The summed E-state index contributed by atoms with van der Waals surface area (Å²) < 4.78 is 31.2. The normalized spacial score (nSPS) is 12.7. The van der Waals surface area contributed by atoms with Crippen molar-refractivity contribution in [3.63, 3.8) is 0 Å². The molecule has 17 heavy (non-hydrogen) atoms. The molecule has 1 N–H and O–H groups in total. The van der Waals surface area contributed by atoms with E-state index in [-0.39, 0.29) is 12.0 Å². The Balaban J connectivity index is 2.19. The van der Waals surface area contributed by atoms with Gasteiger partial charge in [0.15, 0.2) is 0 Å². The quantitative estimate of drug-likeness (QED) is 0.891. The van der Waals surface area contributed by atoms with E-state index in [1.807, 2.05) is 0 Å². The van der Waals surface area contributed by atoms with Gasteiger partial charge in [0.25, 0.3) is 0 Å². The summed E-state index contributed by atoms with van der Waals surface area (Å²) in [4.78, 5) is 0. The Morgan fingerprint density at radius 3 is 2.65 bits per heavy atom. The monoisotopic (exact) mass is 238 g/mol. The Kier molecular flexibility index (Phi) is 3.24. The zero-order valence-electron chi connectivity index (χ0n) is 9.28. The number of halogens is 2. The van der Waals surface area contributed by atoms with Crippen molar-refractivity contribution in [3.05, 3.63) is 59.1 Å². The topological polar surface area (TPSA) is 33.4 Å². The predicted molar refractivity (Wildman–Crippen MR) is 58.5 cm³/mol. The number of aliphatic hydroxyl groups excluding tert-OH is 1. The van der Waals surface area contributed by atoms with E-state index in [2.05, 4.69) is 0 Å². The van der Waals surface area contributed by atoms with Gasteiger partial charge in [0.1, 0.15) is 23.5 Å². The van der Waals surface area contributed by atoms with E-state index in [1.54, 1.807) is 13.0 Å². The summed E-state index contributed by atoms with van der Waals surface area (Å²) in [5.41, 5.74) is 1.06. The molecule has 2 aromatic rings. The highest BCUT2D eigenvalue weighted by molar-refractivity contribution is 5.23. The highest BCUT2D eigenvalue weighted by Crippen LogP contribution is 2.23. The van der Waals surface area contributed by atoms with Crippen LogP contribution in [0.25, 0.3) is 0 Å². The minimum atomic E-state index is -0.926. The lowest BCUT2D eigenvalue weighted by Gasteiger charge is -2.09. The number of aliphatic hydroxyl groups is 1. The molecule has 0 saturated carbocycles. The van der Waals surface area contributed by atoms with Crippen LogP contribution in [0.2, 0.25) is 0 Å². The van der Waals surface area contributed by atoms with Gasteiger partial charge in [-0.2, -0.15) is 0 Å². The number of rotatable bonds is 3. The number of furan rings is 1. The van der Waals surface area contributed by atoms with Gasteiger partial charge in [0, 0.05) is 12.5 Å². The van der Waals surface area contributed by atoms with Crippen molar-refractivity contribution in [1.29, 1.82) is 0 Å². The smallest absolute Gasteiger partial charge is 0.135 e. The third-order valence-electron chi connectivity index (χ3n) is 2.63. The van der Waals surface area contributed by atoms with E-state index in [0.717, 1.165) is 11.6 Å². The molecule has 0 aliphatic carbocycles. The van der Waals surface area contributed by atoms with Crippen LogP contribution in [-0.4, -0.2) is 5.11 Å². The fourth-order valence-corrected chi connectivity index (χ4v) is 1.71. The molecule has 0 aliphatic rings. The summed E-state index contributed by atoms with van der Waals surface area (Å²) in [7, 11) is 0. The van der Waals surface area contributed by atoms with Crippen LogP contribution in [0.3, 0.4) is 0 Å². The van der Waals surface area contributed by atoms with Crippen molar-refractivity contribution >= 4 is 0 Å². The van der Waals surface area contributed by atoms with Crippen molar-refractivity contribution in [3.8, 4) is 0 Å². The first kappa shape index (κ1) is 11.8. The second-order valence-electron chi connectivity index (χ2n) is 3.92. The Bertz CT molecular complexity index is 520. The number of hydrogen-bond acceptors (Lipinski definition) is 2. The van der Waals surface area contributed by atoms with Gasteiger partial charge in [-0.1, -0.05) is 6.07 Å². The van der Waals surface area contributed by atoms with Crippen LogP contribution in [0.5, 0.6) is 0 Å². The van der Waals surface area contributed by atoms with E-state index in [9.17, 15) is 13.9 Å². The average Bonchev–Trinajstić information content (AvgIpc) is 2.68. The predicted octanol–water partition coefficient (Wildman–Crippen LogP) is 3.14. The van der Waals surface area contributed by atoms with Gasteiger partial charge in [-0.15, -0.1) is 0 Å². The van der Waals surface area contributed by atoms with Crippen molar-refractivity contribution in [2.24, 2.45) is 0 Å². The summed E-state index contributed by atoms with van der Waals surface area (Å²) in [6.45, 7) is 1.79. The lowest BCUT2D eigenvalue weighted by atomic mass is 10.0. The highest BCUT2D eigenvalue weighted by Gasteiger charge is 2.16. The standard InChI is InChI=1S/C13H12F2O2/c1-8-4-5-17-13(8)12(16)6-9-2-3-10(14)7-11(9)15/h2-5,7,12,16H,6H2,1H3. The first-order valence-corrected chi connectivity index (χ1v) is 5.24. The Hall–Kier alpha value is -1.68. The third-order valence-corrected chi connectivity index (χ3v) is 2.63. The molecule has 0 amide bonds. The number of benzene rings is 1. The first-order valence-electron chi connectivity index (χ1n) is 5.24. The summed E-state index contributed by atoms with van der Waals surface area (Å²) in [6.07, 6.45) is 0.597. The number of aryl methyl sites for hydroxylation is 1. The van der Waals surface area contributed by atoms with Crippen LogP contribution in [0.1, 0.15) is 23.0 Å². The van der Waals surface area contributed by atoms with Gasteiger partial charge in [-0.25, -0.2) is 8.78 Å². The van der Waals surface area contributed by atoms with Crippen molar-refractivity contribution in [2.75, 3.05) is 0 Å². The molecular formula is C13H12F2O2. The van der Waals surface area contributed by atoms with Crippen LogP contribution in [0, 0.1) is 18.6 Å². The molecule has 1 aromatic heterocycles. The second kappa shape index (κ2) is 4.67. The lowest BCUT2D eigenvalue weighted by molar-refractivity contribution is 0.148. The Morgan fingerprint density at radius 1 is 1.29 bits per heavy atom. The molecule has 1 aromatic carbocycles.